The normalized spacial score (nSPS) is 19.7. The number of halogens is 2. The van der Waals surface area contributed by atoms with E-state index in [1.54, 1.807) is 0 Å². The second-order valence-electron chi connectivity index (χ2n) is 11.9. The van der Waals surface area contributed by atoms with Crippen LogP contribution in [0.1, 0.15) is 42.4 Å². The van der Waals surface area contributed by atoms with Crippen LogP contribution in [0.3, 0.4) is 0 Å². The summed E-state index contributed by atoms with van der Waals surface area (Å²) < 4.78 is 4.72. The number of aromatic amines is 1. The number of likely N-dealkylation sites (tertiary alicyclic amines) is 2. The Morgan fingerprint density at radius 1 is 0.756 bits per heavy atom. The minimum Gasteiger partial charge on any atom is -0.361 e. The monoisotopic (exact) mass is 674 g/mol. The number of likely N-dealkylation sites (N-methyl/N-ethyl adjacent to an activating group) is 2. The van der Waals surface area contributed by atoms with Crippen LogP contribution in [0.2, 0.25) is 0 Å². The Labute approximate surface area is 261 Å². The standard InChI is InChI=1S/C21H23BrN2.C14H17BrN2/c1-23-11-5-8-19(23)12-17-15-24(14-16-6-3-2-4-7-16)21-10-9-18(22)13-20(17)21;1-17-6-2-3-12(17)7-10-9-16-14-5-4-11(15)8-13(10)14/h2-4,6-7,9-10,13,15,19H,5,8,11-12,14H2,1H3;4-5,8-9,12,16H,2-3,6-7H2,1H3/t19-;12-/m11/s1. The molecule has 3 aromatic carbocycles. The highest BCUT2D eigenvalue weighted by Crippen LogP contribution is 2.30. The van der Waals surface area contributed by atoms with Crippen molar-refractivity contribution in [2.75, 3.05) is 27.2 Å². The summed E-state index contributed by atoms with van der Waals surface area (Å²) in [5, 5.41) is 2.75. The lowest BCUT2D eigenvalue weighted by molar-refractivity contribution is 0.309. The van der Waals surface area contributed by atoms with Gasteiger partial charge in [0.25, 0.3) is 0 Å². The number of nitrogens with one attached hydrogen (secondary N) is 1. The van der Waals surface area contributed by atoms with Crippen molar-refractivity contribution in [2.45, 2.75) is 57.2 Å². The molecule has 2 aliphatic heterocycles. The van der Waals surface area contributed by atoms with E-state index < -0.39 is 0 Å². The lowest BCUT2D eigenvalue weighted by atomic mass is 10.0. The van der Waals surface area contributed by atoms with Crippen LogP contribution in [0, 0.1) is 0 Å². The topological polar surface area (TPSA) is 27.2 Å². The molecule has 0 radical (unpaired) electrons. The van der Waals surface area contributed by atoms with Gasteiger partial charge in [-0.25, -0.2) is 0 Å². The summed E-state index contributed by atoms with van der Waals surface area (Å²) >= 11 is 7.20. The van der Waals surface area contributed by atoms with E-state index >= 15 is 0 Å². The molecule has 2 saturated heterocycles. The van der Waals surface area contributed by atoms with Crippen LogP contribution in [0.15, 0.2) is 88.1 Å². The highest BCUT2D eigenvalue weighted by Gasteiger charge is 2.23. The Balaban J connectivity index is 0.000000156. The average molecular weight is 677 g/mol. The number of hydrogen-bond donors (Lipinski definition) is 1. The fourth-order valence-electron chi connectivity index (χ4n) is 6.72. The predicted octanol–water partition coefficient (Wildman–Crippen LogP) is 8.66. The smallest absolute Gasteiger partial charge is 0.0487 e. The van der Waals surface area contributed by atoms with E-state index in [0.717, 1.165) is 28.3 Å². The van der Waals surface area contributed by atoms with E-state index in [1.807, 2.05) is 0 Å². The molecule has 6 heteroatoms. The van der Waals surface area contributed by atoms with Gasteiger partial charge in [0, 0.05) is 61.8 Å². The molecule has 41 heavy (non-hydrogen) atoms. The van der Waals surface area contributed by atoms with E-state index in [0.29, 0.717) is 12.1 Å². The summed E-state index contributed by atoms with van der Waals surface area (Å²) in [6.07, 6.45) is 12.2. The first-order valence-corrected chi connectivity index (χ1v) is 16.5. The third-order valence-electron chi connectivity index (χ3n) is 9.10. The van der Waals surface area contributed by atoms with Crippen molar-refractivity contribution in [1.29, 1.82) is 0 Å². The van der Waals surface area contributed by atoms with Crippen molar-refractivity contribution >= 4 is 53.7 Å². The van der Waals surface area contributed by atoms with Gasteiger partial charge in [0.15, 0.2) is 0 Å². The number of hydrogen-bond acceptors (Lipinski definition) is 2. The van der Waals surface area contributed by atoms with Gasteiger partial charge in [0.1, 0.15) is 0 Å². The van der Waals surface area contributed by atoms with Crippen LogP contribution < -0.4 is 0 Å². The molecule has 7 rings (SSSR count). The van der Waals surface area contributed by atoms with Crippen LogP contribution >= 0.6 is 31.9 Å². The van der Waals surface area contributed by atoms with E-state index in [1.165, 1.54) is 77.3 Å². The fourth-order valence-corrected chi connectivity index (χ4v) is 7.44. The number of aromatic nitrogens is 2. The molecule has 0 amide bonds. The van der Waals surface area contributed by atoms with E-state index in [-0.39, 0.29) is 0 Å². The van der Waals surface area contributed by atoms with E-state index in [4.69, 9.17) is 0 Å². The first-order valence-electron chi connectivity index (χ1n) is 14.9. The minimum absolute atomic E-state index is 0.680. The molecule has 0 unspecified atom stereocenters. The van der Waals surface area contributed by atoms with Gasteiger partial charge in [-0.2, -0.15) is 0 Å². The van der Waals surface area contributed by atoms with Crippen molar-refractivity contribution in [1.82, 2.24) is 19.4 Å². The van der Waals surface area contributed by atoms with Gasteiger partial charge in [-0.15, -0.1) is 0 Å². The number of benzene rings is 3. The van der Waals surface area contributed by atoms with E-state index in [2.05, 4.69) is 144 Å². The Morgan fingerprint density at radius 2 is 1.39 bits per heavy atom. The molecule has 0 saturated carbocycles. The van der Waals surface area contributed by atoms with Gasteiger partial charge in [0.05, 0.1) is 0 Å². The summed E-state index contributed by atoms with van der Waals surface area (Å²) in [6, 6.07) is 25.2. The summed E-state index contributed by atoms with van der Waals surface area (Å²) in [5.41, 5.74) is 6.84. The van der Waals surface area contributed by atoms with Gasteiger partial charge in [-0.3, -0.25) is 0 Å². The summed E-state index contributed by atoms with van der Waals surface area (Å²) in [6.45, 7) is 3.41. The zero-order chi connectivity index (χ0) is 28.3. The Kier molecular flexibility index (Phi) is 9.01. The molecule has 1 N–H and O–H groups in total. The van der Waals surface area contributed by atoms with Gasteiger partial charge in [-0.05, 0) is 119 Å². The zero-order valence-corrected chi connectivity index (χ0v) is 27.3. The zero-order valence-electron chi connectivity index (χ0n) is 24.1. The van der Waals surface area contributed by atoms with Gasteiger partial charge in [-0.1, -0.05) is 62.2 Å². The van der Waals surface area contributed by atoms with Crippen LogP contribution in [-0.2, 0) is 19.4 Å². The number of nitrogens with zero attached hydrogens (tertiary/aromatic N) is 3. The van der Waals surface area contributed by atoms with Crippen molar-refractivity contribution in [3.05, 3.63) is 105 Å². The van der Waals surface area contributed by atoms with Crippen molar-refractivity contribution in [2.24, 2.45) is 0 Å². The number of H-pyrrole nitrogens is 1. The van der Waals surface area contributed by atoms with Crippen molar-refractivity contribution in [3.8, 4) is 0 Å². The fraction of sp³-hybridized carbons (Fsp3) is 0.371. The van der Waals surface area contributed by atoms with Crippen molar-refractivity contribution < 1.29 is 0 Å². The SMILES string of the molecule is CN1CCC[C@@H]1Cc1c[nH]c2ccc(Br)cc12.CN1CCC[C@@H]1Cc1cn(Cc2ccccc2)c2ccc(Br)cc12. The molecule has 5 aromatic rings. The lowest BCUT2D eigenvalue weighted by Crippen LogP contribution is -2.26. The molecular weight excluding hydrogens is 636 g/mol. The second-order valence-corrected chi connectivity index (χ2v) is 13.7. The van der Waals surface area contributed by atoms with Gasteiger partial charge < -0.3 is 19.4 Å². The largest absolute Gasteiger partial charge is 0.361 e. The van der Waals surface area contributed by atoms with Crippen LogP contribution in [-0.4, -0.2) is 58.6 Å². The third-order valence-corrected chi connectivity index (χ3v) is 10.1. The predicted molar refractivity (Wildman–Crippen MR) is 180 cm³/mol. The van der Waals surface area contributed by atoms with Crippen molar-refractivity contribution in [3.63, 3.8) is 0 Å². The highest BCUT2D eigenvalue weighted by atomic mass is 79.9. The molecule has 0 spiro atoms. The molecule has 2 aromatic heterocycles. The molecule has 2 fully saturated rings. The Hall–Kier alpha value is -2.38. The molecule has 214 valence electrons. The Morgan fingerprint density at radius 3 is 2.05 bits per heavy atom. The van der Waals surface area contributed by atoms with Crippen LogP contribution in [0.25, 0.3) is 21.8 Å². The minimum atomic E-state index is 0.680. The molecule has 4 nitrogen and oxygen atoms in total. The first-order chi connectivity index (χ1) is 19.9. The second kappa shape index (κ2) is 12.9. The number of fused-ring (bicyclic) bond motifs is 2. The molecular formula is C35H40Br2N4. The summed E-state index contributed by atoms with van der Waals surface area (Å²) in [7, 11) is 4.50. The molecule has 2 aliphatic rings. The number of rotatable bonds is 6. The maximum atomic E-state index is 3.65. The average Bonchev–Trinajstić information content (AvgIpc) is 3.75. The lowest BCUT2D eigenvalue weighted by Gasteiger charge is -2.18. The molecule has 0 bridgehead atoms. The van der Waals surface area contributed by atoms with Gasteiger partial charge in [0.2, 0.25) is 0 Å². The first kappa shape index (κ1) is 28.7. The molecule has 0 aliphatic carbocycles. The van der Waals surface area contributed by atoms with Crippen LogP contribution in [0.4, 0.5) is 0 Å². The third kappa shape index (κ3) is 6.67. The van der Waals surface area contributed by atoms with E-state index in [9.17, 15) is 0 Å². The summed E-state index contributed by atoms with van der Waals surface area (Å²) in [5.74, 6) is 0. The summed E-state index contributed by atoms with van der Waals surface area (Å²) in [4.78, 5) is 8.36. The molecule has 2 atom stereocenters. The maximum Gasteiger partial charge on any atom is 0.0487 e. The highest BCUT2D eigenvalue weighted by molar-refractivity contribution is 9.10. The maximum absolute atomic E-state index is 3.65. The van der Waals surface area contributed by atoms with Gasteiger partial charge >= 0.3 is 0 Å². The molecule has 4 heterocycles. The Bertz CT molecular complexity index is 1610. The quantitative estimate of drug-likeness (QED) is 0.195. The van der Waals surface area contributed by atoms with Crippen LogP contribution in [0.5, 0.6) is 0 Å².